The zero-order valence-electron chi connectivity index (χ0n) is 11.0. The molecule has 0 bridgehead atoms. The van der Waals surface area contributed by atoms with Gasteiger partial charge >= 0.3 is 5.97 Å². The number of aryl methyl sites for hydroxylation is 1. The fourth-order valence-corrected chi connectivity index (χ4v) is 3.16. The smallest absolute Gasteiger partial charge is 0.314 e. The lowest BCUT2D eigenvalue weighted by Gasteiger charge is -2.28. The van der Waals surface area contributed by atoms with Gasteiger partial charge in [0, 0.05) is 0 Å². The highest BCUT2D eigenvalue weighted by atomic mass is 32.1. The molecule has 2 nitrogen and oxygen atoms in total. The number of carbonyl (C=O) groups is 1. The summed E-state index contributed by atoms with van der Waals surface area (Å²) < 4.78 is 0. The maximum absolute atomic E-state index is 11.8. The van der Waals surface area contributed by atoms with Gasteiger partial charge in [0.25, 0.3) is 0 Å². The van der Waals surface area contributed by atoms with Gasteiger partial charge < -0.3 is 5.11 Å². The van der Waals surface area contributed by atoms with E-state index in [4.69, 9.17) is 0 Å². The van der Waals surface area contributed by atoms with Crippen molar-refractivity contribution in [3.05, 3.63) is 58.3 Å². The van der Waals surface area contributed by atoms with Crippen molar-refractivity contribution in [3.63, 3.8) is 0 Å². The molecule has 0 spiro atoms. The van der Waals surface area contributed by atoms with Crippen molar-refractivity contribution >= 4 is 17.3 Å². The fraction of sp³-hybridized carbons (Fsp3) is 0.312. The molecule has 1 aromatic heterocycles. The van der Waals surface area contributed by atoms with Crippen molar-refractivity contribution in [1.82, 2.24) is 0 Å². The van der Waals surface area contributed by atoms with Crippen LogP contribution in [0.15, 0.2) is 47.2 Å². The van der Waals surface area contributed by atoms with Gasteiger partial charge in [0.05, 0.1) is 5.41 Å². The van der Waals surface area contributed by atoms with Crippen LogP contribution < -0.4 is 0 Å². The van der Waals surface area contributed by atoms with Crippen LogP contribution in [0, 0.1) is 0 Å². The number of rotatable bonds is 6. The predicted octanol–water partition coefficient (Wildman–Crippen LogP) is 4.11. The van der Waals surface area contributed by atoms with E-state index in [1.807, 2.05) is 42.6 Å². The SMILES string of the molecule is CCC(CCc1ccsc1)(C(=O)O)c1ccccc1. The number of carboxylic acid groups (broad SMARTS) is 1. The van der Waals surface area contributed by atoms with Gasteiger partial charge in [-0.05, 0) is 47.2 Å². The molecule has 0 amide bonds. The Morgan fingerprint density at radius 2 is 2.00 bits per heavy atom. The zero-order chi connectivity index (χ0) is 13.7. The molecule has 0 aliphatic heterocycles. The third-order valence-electron chi connectivity index (χ3n) is 3.76. The molecule has 0 aliphatic rings. The van der Waals surface area contributed by atoms with Crippen LogP contribution in [-0.2, 0) is 16.6 Å². The lowest BCUT2D eigenvalue weighted by Crippen LogP contribution is -2.35. The number of benzene rings is 1. The van der Waals surface area contributed by atoms with Gasteiger partial charge in [-0.25, -0.2) is 0 Å². The monoisotopic (exact) mass is 274 g/mol. The summed E-state index contributed by atoms with van der Waals surface area (Å²) in [7, 11) is 0. The summed E-state index contributed by atoms with van der Waals surface area (Å²) in [6.07, 6.45) is 2.05. The molecule has 1 atom stereocenters. The van der Waals surface area contributed by atoms with E-state index in [0.29, 0.717) is 12.8 Å². The van der Waals surface area contributed by atoms with Gasteiger partial charge in [0.2, 0.25) is 0 Å². The van der Waals surface area contributed by atoms with E-state index in [-0.39, 0.29) is 0 Å². The van der Waals surface area contributed by atoms with Crippen molar-refractivity contribution in [2.24, 2.45) is 0 Å². The van der Waals surface area contributed by atoms with Gasteiger partial charge in [0.1, 0.15) is 0 Å². The van der Waals surface area contributed by atoms with Crippen LogP contribution in [0.25, 0.3) is 0 Å². The molecule has 1 aromatic carbocycles. The first-order valence-corrected chi connectivity index (χ1v) is 7.43. The molecule has 19 heavy (non-hydrogen) atoms. The Hall–Kier alpha value is -1.61. The molecule has 0 aliphatic carbocycles. The number of aliphatic carboxylic acids is 1. The minimum Gasteiger partial charge on any atom is -0.481 e. The van der Waals surface area contributed by atoms with E-state index >= 15 is 0 Å². The van der Waals surface area contributed by atoms with Crippen LogP contribution >= 0.6 is 11.3 Å². The van der Waals surface area contributed by atoms with E-state index in [0.717, 1.165) is 12.0 Å². The van der Waals surface area contributed by atoms with Gasteiger partial charge in [-0.15, -0.1) is 0 Å². The third kappa shape index (κ3) is 2.87. The van der Waals surface area contributed by atoms with Gasteiger partial charge in [-0.1, -0.05) is 37.3 Å². The standard InChI is InChI=1S/C16H18O2S/c1-2-16(15(17)18,14-6-4-3-5-7-14)10-8-13-9-11-19-12-13/h3-7,9,11-12H,2,8,10H2,1H3,(H,17,18). The Labute approximate surface area is 117 Å². The maximum atomic E-state index is 11.8. The average Bonchev–Trinajstić information content (AvgIpc) is 2.94. The molecule has 100 valence electrons. The second kappa shape index (κ2) is 6.02. The first-order chi connectivity index (χ1) is 9.19. The Morgan fingerprint density at radius 3 is 2.53 bits per heavy atom. The molecule has 2 rings (SSSR count). The summed E-state index contributed by atoms with van der Waals surface area (Å²) in [6, 6.07) is 11.7. The summed E-state index contributed by atoms with van der Waals surface area (Å²) in [4.78, 5) is 11.8. The summed E-state index contributed by atoms with van der Waals surface area (Å²) in [5, 5.41) is 13.8. The molecular formula is C16H18O2S. The van der Waals surface area contributed by atoms with Crippen LogP contribution in [0.5, 0.6) is 0 Å². The van der Waals surface area contributed by atoms with E-state index in [1.54, 1.807) is 11.3 Å². The van der Waals surface area contributed by atoms with Crippen LogP contribution in [0.1, 0.15) is 30.9 Å². The summed E-state index contributed by atoms with van der Waals surface area (Å²) in [5.41, 5.74) is 1.35. The average molecular weight is 274 g/mol. The van der Waals surface area contributed by atoms with E-state index in [9.17, 15) is 9.90 Å². The Morgan fingerprint density at radius 1 is 1.26 bits per heavy atom. The number of hydrogen-bond donors (Lipinski definition) is 1. The Kier molecular flexibility index (Phi) is 4.38. The first-order valence-electron chi connectivity index (χ1n) is 6.49. The Bertz CT molecular complexity index is 519. The Balaban J connectivity index is 2.27. The van der Waals surface area contributed by atoms with Crippen LogP contribution in [0.3, 0.4) is 0 Å². The van der Waals surface area contributed by atoms with E-state index in [2.05, 4.69) is 11.4 Å². The van der Waals surface area contributed by atoms with Crippen molar-refractivity contribution in [3.8, 4) is 0 Å². The maximum Gasteiger partial charge on any atom is 0.314 e. The molecule has 1 unspecified atom stereocenters. The normalized spacial score (nSPS) is 13.9. The quantitative estimate of drug-likeness (QED) is 0.860. The third-order valence-corrected chi connectivity index (χ3v) is 4.49. The predicted molar refractivity (Wildman–Crippen MR) is 78.7 cm³/mol. The number of thiophene rings is 1. The van der Waals surface area contributed by atoms with Crippen molar-refractivity contribution < 1.29 is 9.90 Å². The highest BCUT2D eigenvalue weighted by Gasteiger charge is 2.37. The van der Waals surface area contributed by atoms with E-state index in [1.165, 1.54) is 5.56 Å². The van der Waals surface area contributed by atoms with Crippen molar-refractivity contribution in [1.29, 1.82) is 0 Å². The molecule has 1 heterocycles. The van der Waals surface area contributed by atoms with Gasteiger partial charge in [0.15, 0.2) is 0 Å². The molecule has 1 N–H and O–H groups in total. The molecular weight excluding hydrogens is 256 g/mol. The number of carboxylic acids is 1. The fourth-order valence-electron chi connectivity index (χ4n) is 2.46. The van der Waals surface area contributed by atoms with Crippen LogP contribution in [0.2, 0.25) is 0 Å². The number of hydrogen-bond acceptors (Lipinski definition) is 2. The van der Waals surface area contributed by atoms with Gasteiger partial charge in [-0.2, -0.15) is 11.3 Å². The highest BCUT2D eigenvalue weighted by Crippen LogP contribution is 2.33. The zero-order valence-corrected chi connectivity index (χ0v) is 11.8. The molecule has 0 radical (unpaired) electrons. The molecule has 3 heteroatoms. The van der Waals surface area contributed by atoms with E-state index < -0.39 is 11.4 Å². The summed E-state index contributed by atoms with van der Waals surface area (Å²) >= 11 is 1.65. The van der Waals surface area contributed by atoms with Crippen molar-refractivity contribution in [2.45, 2.75) is 31.6 Å². The lowest BCUT2D eigenvalue weighted by atomic mass is 9.74. The minimum atomic E-state index is -0.775. The molecule has 0 saturated heterocycles. The molecule has 0 saturated carbocycles. The molecule has 2 aromatic rings. The summed E-state index contributed by atoms with van der Waals surface area (Å²) in [6.45, 7) is 1.95. The largest absolute Gasteiger partial charge is 0.481 e. The first kappa shape index (κ1) is 13.8. The minimum absolute atomic E-state index is 0.608. The second-order valence-corrected chi connectivity index (χ2v) is 5.52. The topological polar surface area (TPSA) is 37.3 Å². The van der Waals surface area contributed by atoms with Crippen LogP contribution in [-0.4, -0.2) is 11.1 Å². The van der Waals surface area contributed by atoms with Gasteiger partial charge in [-0.3, -0.25) is 4.79 Å². The lowest BCUT2D eigenvalue weighted by molar-refractivity contribution is -0.144. The van der Waals surface area contributed by atoms with Crippen molar-refractivity contribution in [2.75, 3.05) is 0 Å². The highest BCUT2D eigenvalue weighted by molar-refractivity contribution is 7.07. The van der Waals surface area contributed by atoms with Crippen LogP contribution in [0.4, 0.5) is 0 Å². The molecule has 0 fully saturated rings. The second-order valence-electron chi connectivity index (χ2n) is 4.74. The summed E-state index contributed by atoms with van der Waals surface area (Å²) in [5.74, 6) is -0.726.